The summed E-state index contributed by atoms with van der Waals surface area (Å²) in [5, 5.41) is 1.20. The molecular formula is C20H22F2N2O2. The zero-order valence-corrected chi connectivity index (χ0v) is 14.9. The molecule has 6 heteroatoms. The second kappa shape index (κ2) is 7.93. The van der Waals surface area contributed by atoms with Crippen molar-refractivity contribution in [1.82, 2.24) is 9.96 Å². The van der Waals surface area contributed by atoms with Crippen LogP contribution in [0.5, 0.6) is 0 Å². The fraction of sp³-hybridized carbons (Fsp3) is 0.350. The molecule has 26 heavy (non-hydrogen) atoms. The number of rotatable bonds is 5. The molecule has 0 bridgehead atoms. The van der Waals surface area contributed by atoms with Gasteiger partial charge in [-0.2, -0.15) is 0 Å². The summed E-state index contributed by atoms with van der Waals surface area (Å²) in [6.45, 7) is 1.82. The summed E-state index contributed by atoms with van der Waals surface area (Å²) in [5.41, 5.74) is 1.77. The van der Waals surface area contributed by atoms with Crippen LogP contribution in [0.4, 0.5) is 8.78 Å². The standard InChI is InChI=1S/C20H22F2N2O2/c1-23(26-2)20(25)17-13-24(11-14-6-4-3-5-7-14)12-16(17)15-8-9-18(21)19(22)10-15/h3-10,16-17H,11-13H2,1-2H3/t16-,17+/m1/s1. The van der Waals surface area contributed by atoms with Crippen LogP contribution in [0.3, 0.4) is 0 Å². The third-order valence-corrected chi connectivity index (χ3v) is 4.92. The van der Waals surface area contributed by atoms with Crippen molar-refractivity contribution in [3.8, 4) is 0 Å². The minimum absolute atomic E-state index is 0.169. The molecule has 4 nitrogen and oxygen atoms in total. The lowest BCUT2D eigenvalue weighted by atomic mass is 9.88. The lowest BCUT2D eigenvalue weighted by Gasteiger charge is -2.22. The number of nitrogens with zero attached hydrogens (tertiary/aromatic N) is 2. The predicted octanol–water partition coefficient (Wildman–Crippen LogP) is 3.20. The van der Waals surface area contributed by atoms with Gasteiger partial charge in [-0.15, -0.1) is 0 Å². The summed E-state index contributed by atoms with van der Waals surface area (Å²) in [6.07, 6.45) is 0. The van der Waals surface area contributed by atoms with Gasteiger partial charge in [-0.3, -0.25) is 14.5 Å². The van der Waals surface area contributed by atoms with Crippen LogP contribution in [-0.4, -0.2) is 43.1 Å². The first-order valence-corrected chi connectivity index (χ1v) is 8.52. The number of benzene rings is 2. The third kappa shape index (κ3) is 3.92. The molecular weight excluding hydrogens is 338 g/mol. The number of hydrogen-bond acceptors (Lipinski definition) is 3. The topological polar surface area (TPSA) is 32.8 Å². The van der Waals surface area contributed by atoms with Crippen LogP contribution in [-0.2, 0) is 16.2 Å². The Labute approximate surface area is 151 Å². The molecule has 1 aliphatic rings. The molecule has 1 saturated heterocycles. The van der Waals surface area contributed by atoms with Crippen molar-refractivity contribution in [2.75, 3.05) is 27.2 Å². The number of halogens is 2. The molecule has 0 unspecified atom stereocenters. The normalized spacial score (nSPS) is 20.3. The van der Waals surface area contributed by atoms with E-state index >= 15 is 0 Å². The lowest BCUT2D eigenvalue weighted by Crippen LogP contribution is -2.35. The molecule has 138 valence electrons. The molecule has 2 aromatic carbocycles. The number of amides is 1. The molecule has 0 saturated carbocycles. The van der Waals surface area contributed by atoms with Crippen LogP contribution in [0.15, 0.2) is 48.5 Å². The molecule has 3 rings (SSSR count). The van der Waals surface area contributed by atoms with E-state index in [1.54, 1.807) is 13.1 Å². The van der Waals surface area contributed by atoms with Gasteiger partial charge in [0.1, 0.15) is 0 Å². The molecule has 1 fully saturated rings. The zero-order valence-electron chi connectivity index (χ0n) is 14.9. The highest BCUT2D eigenvalue weighted by atomic mass is 19.2. The van der Waals surface area contributed by atoms with Gasteiger partial charge in [0.15, 0.2) is 11.6 Å². The average molecular weight is 360 g/mol. The van der Waals surface area contributed by atoms with Crippen molar-refractivity contribution in [2.45, 2.75) is 12.5 Å². The van der Waals surface area contributed by atoms with E-state index in [4.69, 9.17) is 4.84 Å². The van der Waals surface area contributed by atoms with Gasteiger partial charge in [-0.25, -0.2) is 13.8 Å². The molecule has 2 aromatic rings. The van der Waals surface area contributed by atoms with E-state index in [1.165, 1.54) is 18.2 Å². The summed E-state index contributed by atoms with van der Waals surface area (Å²) in [6, 6.07) is 13.8. The molecule has 0 radical (unpaired) electrons. The molecule has 1 aliphatic heterocycles. The Hall–Kier alpha value is -2.31. The van der Waals surface area contributed by atoms with Gasteiger partial charge in [0.05, 0.1) is 13.0 Å². The smallest absolute Gasteiger partial charge is 0.250 e. The van der Waals surface area contributed by atoms with E-state index in [9.17, 15) is 13.6 Å². The van der Waals surface area contributed by atoms with Crippen molar-refractivity contribution in [3.63, 3.8) is 0 Å². The fourth-order valence-electron chi connectivity index (χ4n) is 3.51. The molecule has 1 heterocycles. The number of carbonyl (C=O) groups excluding carboxylic acids is 1. The quantitative estimate of drug-likeness (QED) is 0.768. The molecule has 1 amide bonds. The van der Waals surface area contributed by atoms with E-state index < -0.39 is 11.6 Å². The SMILES string of the molecule is CON(C)C(=O)[C@H]1CN(Cc2ccccc2)C[C@@H]1c1ccc(F)c(F)c1. The van der Waals surface area contributed by atoms with Gasteiger partial charge in [-0.1, -0.05) is 36.4 Å². The van der Waals surface area contributed by atoms with Crippen LogP contribution in [0.25, 0.3) is 0 Å². The second-order valence-corrected chi connectivity index (χ2v) is 6.58. The number of likely N-dealkylation sites (tertiary alicyclic amines) is 1. The first kappa shape index (κ1) is 18.5. The summed E-state index contributed by atoms with van der Waals surface area (Å²) in [4.78, 5) is 19.9. The summed E-state index contributed by atoms with van der Waals surface area (Å²) in [5.74, 6) is -2.55. The van der Waals surface area contributed by atoms with Crippen LogP contribution >= 0.6 is 0 Å². The maximum Gasteiger partial charge on any atom is 0.250 e. The first-order valence-electron chi connectivity index (χ1n) is 8.52. The number of hydrogen-bond donors (Lipinski definition) is 0. The predicted molar refractivity (Wildman–Crippen MR) is 94.1 cm³/mol. The van der Waals surface area contributed by atoms with Gasteiger partial charge < -0.3 is 0 Å². The monoisotopic (exact) mass is 360 g/mol. The van der Waals surface area contributed by atoms with E-state index in [1.807, 2.05) is 30.3 Å². The zero-order chi connectivity index (χ0) is 18.7. The van der Waals surface area contributed by atoms with Crippen LogP contribution < -0.4 is 0 Å². The maximum absolute atomic E-state index is 13.7. The first-order chi connectivity index (χ1) is 12.5. The van der Waals surface area contributed by atoms with Crippen LogP contribution in [0.1, 0.15) is 17.0 Å². The van der Waals surface area contributed by atoms with Gasteiger partial charge in [-0.05, 0) is 23.3 Å². The molecule has 0 aromatic heterocycles. The highest BCUT2D eigenvalue weighted by molar-refractivity contribution is 5.79. The van der Waals surface area contributed by atoms with Gasteiger partial charge in [0, 0.05) is 32.6 Å². The van der Waals surface area contributed by atoms with Gasteiger partial charge >= 0.3 is 0 Å². The van der Waals surface area contributed by atoms with Gasteiger partial charge in [0.25, 0.3) is 5.91 Å². The van der Waals surface area contributed by atoms with Crippen molar-refractivity contribution in [1.29, 1.82) is 0 Å². The maximum atomic E-state index is 13.7. The Balaban J connectivity index is 1.85. The Morgan fingerprint density at radius 3 is 2.54 bits per heavy atom. The summed E-state index contributed by atoms with van der Waals surface area (Å²) >= 11 is 0. The van der Waals surface area contributed by atoms with E-state index in [2.05, 4.69) is 4.90 Å². The number of carbonyl (C=O) groups is 1. The van der Waals surface area contributed by atoms with Crippen LogP contribution in [0, 0.1) is 17.6 Å². The molecule has 0 spiro atoms. The van der Waals surface area contributed by atoms with Crippen molar-refractivity contribution < 1.29 is 18.4 Å². The minimum atomic E-state index is -0.893. The molecule has 0 aliphatic carbocycles. The van der Waals surface area contributed by atoms with E-state index in [0.29, 0.717) is 25.2 Å². The Bertz CT molecular complexity index is 770. The Kier molecular flexibility index (Phi) is 5.64. The third-order valence-electron chi connectivity index (χ3n) is 4.92. The summed E-state index contributed by atoms with van der Waals surface area (Å²) in [7, 11) is 2.99. The number of hydroxylamine groups is 2. The van der Waals surface area contributed by atoms with Crippen molar-refractivity contribution in [2.24, 2.45) is 5.92 Å². The highest BCUT2D eigenvalue weighted by Crippen LogP contribution is 2.35. The fourth-order valence-corrected chi connectivity index (χ4v) is 3.51. The van der Waals surface area contributed by atoms with E-state index in [0.717, 1.165) is 11.6 Å². The Morgan fingerprint density at radius 1 is 1.15 bits per heavy atom. The molecule has 2 atom stereocenters. The van der Waals surface area contributed by atoms with Crippen molar-refractivity contribution in [3.05, 3.63) is 71.3 Å². The van der Waals surface area contributed by atoms with Crippen LogP contribution in [0.2, 0.25) is 0 Å². The second-order valence-electron chi connectivity index (χ2n) is 6.58. The molecule has 0 N–H and O–H groups in total. The minimum Gasteiger partial charge on any atom is -0.298 e. The van der Waals surface area contributed by atoms with Crippen molar-refractivity contribution >= 4 is 5.91 Å². The summed E-state index contributed by atoms with van der Waals surface area (Å²) < 4.78 is 27.0. The Morgan fingerprint density at radius 2 is 1.88 bits per heavy atom. The highest BCUT2D eigenvalue weighted by Gasteiger charge is 2.40. The average Bonchev–Trinajstić information content (AvgIpc) is 3.07. The largest absolute Gasteiger partial charge is 0.298 e. The lowest BCUT2D eigenvalue weighted by molar-refractivity contribution is -0.173. The van der Waals surface area contributed by atoms with E-state index in [-0.39, 0.29) is 17.7 Å². The van der Waals surface area contributed by atoms with Gasteiger partial charge in [0.2, 0.25) is 0 Å².